The third kappa shape index (κ3) is 2.62. The van der Waals surface area contributed by atoms with Crippen molar-refractivity contribution in [2.24, 2.45) is 0 Å². The number of aromatic nitrogens is 1. The highest BCUT2D eigenvalue weighted by Crippen LogP contribution is 2.33. The highest BCUT2D eigenvalue weighted by atomic mass is 32.2. The Hall–Kier alpha value is -2.19. The molecule has 1 heterocycles. The van der Waals surface area contributed by atoms with Crippen LogP contribution in [0.5, 0.6) is 5.75 Å². The molecule has 0 amide bonds. The Labute approximate surface area is 130 Å². The first-order chi connectivity index (χ1) is 10.5. The van der Waals surface area contributed by atoms with Crippen molar-refractivity contribution in [3.63, 3.8) is 0 Å². The van der Waals surface area contributed by atoms with Gasteiger partial charge in [-0.05, 0) is 24.3 Å². The van der Waals surface area contributed by atoms with Crippen LogP contribution in [-0.2, 0) is 10.0 Å². The summed E-state index contributed by atoms with van der Waals surface area (Å²) in [5.74, 6) is -0.265. The summed E-state index contributed by atoms with van der Waals surface area (Å²) in [4.78, 5) is 3.79. The van der Waals surface area contributed by atoms with Crippen molar-refractivity contribution >= 4 is 36.7 Å². The SMILES string of the molecule is COc1cccc2sc(NS(=O)(=O)c3ccccc3F)nc12. The molecule has 114 valence electrons. The second-order valence-corrected chi connectivity index (χ2v) is 7.04. The van der Waals surface area contributed by atoms with Gasteiger partial charge in [-0.3, -0.25) is 4.72 Å². The zero-order valence-electron chi connectivity index (χ0n) is 11.4. The maximum Gasteiger partial charge on any atom is 0.266 e. The lowest BCUT2D eigenvalue weighted by atomic mass is 10.3. The molecule has 8 heteroatoms. The number of hydrogen-bond donors (Lipinski definition) is 1. The van der Waals surface area contributed by atoms with Crippen LogP contribution in [0.3, 0.4) is 0 Å². The Balaban J connectivity index is 2.01. The molecule has 0 aliphatic rings. The molecule has 1 N–H and O–H groups in total. The van der Waals surface area contributed by atoms with Crippen LogP contribution in [0.15, 0.2) is 47.4 Å². The monoisotopic (exact) mass is 338 g/mol. The highest BCUT2D eigenvalue weighted by Gasteiger charge is 2.20. The van der Waals surface area contributed by atoms with Crippen molar-refractivity contribution < 1.29 is 17.5 Å². The molecule has 0 spiro atoms. The van der Waals surface area contributed by atoms with Gasteiger partial charge >= 0.3 is 0 Å². The summed E-state index contributed by atoms with van der Waals surface area (Å²) in [5.41, 5.74) is 0.557. The Bertz CT molecular complexity index is 938. The highest BCUT2D eigenvalue weighted by molar-refractivity contribution is 7.93. The number of thiazole rings is 1. The number of ether oxygens (including phenoxy) is 1. The van der Waals surface area contributed by atoms with E-state index in [-0.39, 0.29) is 5.13 Å². The van der Waals surface area contributed by atoms with Gasteiger partial charge in [0.25, 0.3) is 10.0 Å². The molecule has 2 aromatic carbocycles. The maximum absolute atomic E-state index is 13.7. The number of nitrogens with one attached hydrogen (secondary N) is 1. The molecule has 0 aliphatic carbocycles. The molecule has 0 aliphatic heterocycles. The normalized spacial score (nSPS) is 11.5. The van der Waals surface area contributed by atoms with E-state index in [4.69, 9.17) is 4.74 Å². The number of nitrogens with zero attached hydrogens (tertiary/aromatic N) is 1. The molecule has 0 saturated carbocycles. The van der Waals surface area contributed by atoms with Crippen LogP contribution >= 0.6 is 11.3 Å². The van der Waals surface area contributed by atoms with Gasteiger partial charge in [-0.15, -0.1) is 0 Å². The molecule has 3 aromatic rings. The predicted octanol–water partition coefficient (Wildman–Crippen LogP) is 3.24. The minimum atomic E-state index is -4.03. The average molecular weight is 338 g/mol. The minimum Gasteiger partial charge on any atom is -0.494 e. The van der Waals surface area contributed by atoms with Crippen molar-refractivity contribution in [1.82, 2.24) is 4.98 Å². The quantitative estimate of drug-likeness (QED) is 0.793. The molecule has 0 atom stereocenters. The summed E-state index contributed by atoms with van der Waals surface area (Å²) in [6.45, 7) is 0. The molecule has 0 unspecified atom stereocenters. The van der Waals surface area contributed by atoms with Crippen LogP contribution in [0, 0.1) is 5.82 Å². The summed E-state index contributed by atoms with van der Waals surface area (Å²) in [6, 6.07) is 10.5. The van der Waals surface area contributed by atoms with Crippen molar-refractivity contribution in [3.05, 3.63) is 48.3 Å². The number of benzene rings is 2. The fourth-order valence-corrected chi connectivity index (χ4v) is 4.16. The number of fused-ring (bicyclic) bond motifs is 1. The number of anilines is 1. The Morgan fingerprint density at radius 1 is 1.18 bits per heavy atom. The molecule has 0 radical (unpaired) electrons. The van der Waals surface area contributed by atoms with Crippen molar-refractivity contribution in [2.75, 3.05) is 11.8 Å². The van der Waals surface area contributed by atoms with Gasteiger partial charge in [0.15, 0.2) is 5.13 Å². The van der Waals surface area contributed by atoms with Gasteiger partial charge in [-0.1, -0.05) is 29.5 Å². The van der Waals surface area contributed by atoms with E-state index in [1.165, 1.54) is 25.3 Å². The van der Waals surface area contributed by atoms with Crippen LogP contribution in [-0.4, -0.2) is 20.5 Å². The number of methoxy groups -OCH3 is 1. The van der Waals surface area contributed by atoms with Gasteiger partial charge in [-0.2, -0.15) is 0 Å². The number of sulfonamides is 1. The maximum atomic E-state index is 13.7. The van der Waals surface area contributed by atoms with Crippen LogP contribution in [0.4, 0.5) is 9.52 Å². The van der Waals surface area contributed by atoms with Crippen LogP contribution in [0.2, 0.25) is 0 Å². The lowest BCUT2D eigenvalue weighted by Gasteiger charge is -2.05. The van der Waals surface area contributed by atoms with Crippen LogP contribution in [0.1, 0.15) is 0 Å². The summed E-state index contributed by atoms with van der Waals surface area (Å²) >= 11 is 1.15. The molecular formula is C14H11FN2O3S2. The van der Waals surface area contributed by atoms with E-state index in [0.29, 0.717) is 11.3 Å². The molecule has 1 aromatic heterocycles. The first kappa shape index (κ1) is 14.7. The average Bonchev–Trinajstić information content (AvgIpc) is 2.88. The smallest absolute Gasteiger partial charge is 0.266 e. The van der Waals surface area contributed by atoms with E-state index >= 15 is 0 Å². The molecule has 22 heavy (non-hydrogen) atoms. The first-order valence-corrected chi connectivity index (χ1v) is 8.52. The number of hydrogen-bond acceptors (Lipinski definition) is 5. The predicted molar refractivity (Wildman–Crippen MR) is 83.4 cm³/mol. The fraction of sp³-hybridized carbons (Fsp3) is 0.0714. The number of halogens is 1. The zero-order chi connectivity index (χ0) is 15.7. The van der Waals surface area contributed by atoms with E-state index in [2.05, 4.69) is 9.71 Å². The molecule has 0 saturated heterocycles. The summed E-state index contributed by atoms with van der Waals surface area (Å²) in [5, 5.41) is 0.155. The van der Waals surface area contributed by atoms with E-state index in [0.717, 1.165) is 22.1 Å². The molecular weight excluding hydrogens is 327 g/mol. The van der Waals surface area contributed by atoms with Gasteiger partial charge < -0.3 is 4.74 Å². The second-order valence-electron chi connectivity index (χ2n) is 4.36. The molecule has 5 nitrogen and oxygen atoms in total. The second kappa shape index (κ2) is 5.54. The fourth-order valence-electron chi connectivity index (χ4n) is 1.96. The number of rotatable bonds is 4. The van der Waals surface area contributed by atoms with Crippen molar-refractivity contribution in [2.45, 2.75) is 4.90 Å². The molecule has 0 fully saturated rings. The Kier molecular flexibility index (Phi) is 3.71. The van der Waals surface area contributed by atoms with Crippen molar-refractivity contribution in [1.29, 1.82) is 0 Å². The number of para-hydroxylation sites is 1. The lowest BCUT2D eigenvalue weighted by Crippen LogP contribution is -2.14. The van der Waals surface area contributed by atoms with Gasteiger partial charge in [0.05, 0.1) is 11.8 Å². The van der Waals surface area contributed by atoms with E-state index in [9.17, 15) is 12.8 Å². The summed E-state index contributed by atoms with van der Waals surface area (Å²) < 4.78 is 46.4. The summed E-state index contributed by atoms with van der Waals surface area (Å²) in [7, 11) is -2.52. The van der Waals surface area contributed by atoms with E-state index in [1.54, 1.807) is 18.2 Å². The Morgan fingerprint density at radius 2 is 1.95 bits per heavy atom. The van der Waals surface area contributed by atoms with E-state index in [1.807, 2.05) is 0 Å². The van der Waals surface area contributed by atoms with Gasteiger partial charge in [-0.25, -0.2) is 17.8 Å². The minimum absolute atomic E-state index is 0.155. The zero-order valence-corrected chi connectivity index (χ0v) is 13.0. The standard InChI is InChI=1S/C14H11FN2O3S2/c1-20-10-6-4-7-11-13(10)16-14(21-11)17-22(18,19)12-8-3-2-5-9(12)15/h2-8H,1H3,(H,16,17). The third-order valence-electron chi connectivity index (χ3n) is 2.95. The van der Waals surface area contributed by atoms with Gasteiger partial charge in [0.2, 0.25) is 0 Å². The van der Waals surface area contributed by atoms with E-state index < -0.39 is 20.7 Å². The Morgan fingerprint density at radius 3 is 2.68 bits per heavy atom. The molecule has 0 bridgehead atoms. The third-order valence-corrected chi connectivity index (χ3v) is 5.39. The van der Waals surface area contributed by atoms with Crippen LogP contribution in [0.25, 0.3) is 10.2 Å². The lowest BCUT2D eigenvalue weighted by molar-refractivity contribution is 0.419. The van der Waals surface area contributed by atoms with Gasteiger partial charge in [0.1, 0.15) is 22.0 Å². The van der Waals surface area contributed by atoms with Crippen molar-refractivity contribution in [3.8, 4) is 5.75 Å². The summed E-state index contributed by atoms with van der Waals surface area (Å²) in [6.07, 6.45) is 0. The topological polar surface area (TPSA) is 68.3 Å². The van der Waals surface area contributed by atoms with Gasteiger partial charge in [0, 0.05) is 0 Å². The largest absolute Gasteiger partial charge is 0.494 e. The molecule has 3 rings (SSSR count). The first-order valence-electron chi connectivity index (χ1n) is 6.22. The van der Waals surface area contributed by atoms with Crippen LogP contribution < -0.4 is 9.46 Å².